The molecule has 0 radical (unpaired) electrons. The first-order valence-corrected chi connectivity index (χ1v) is 1.96. The number of alkyl halides is 3. The highest BCUT2D eigenvalue weighted by molar-refractivity contribution is 9.10. The van der Waals surface area contributed by atoms with Crippen LogP contribution in [0.4, 0.5) is 4.39 Å². The summed E-state index contributed by atoms with van der Waals surface area (Å²) in [4.78, 5) is 0. The predicted molar refractivity (Wildman–Crippen MR) is 20.8 cm³/mol. The van der Waals surface area contributed by atoms with Crippen LogP contribution in [0.15, 0.2) is 0 Å². The number of aliphatic hydroxyl groups is 1. The maximum atomic E-state index is 10.9. The molecule has 0 bridgehead atoms. The first-order valence-electron chi connectivity index (χ1n) is 0.791. The van der Waals surface area contributed by atoms with Crippen molar-refractivity contribution in [2.75, 3.05) is 0 Å². The maximum absolute atomic E-state index is 10.9. The number of hydrogen-bond acceptors (Lipinski definition) is 1. The highest BCUT2D eigenvalue weighted by atomic mass is 79.9. The fourth-order valence-electron chi connectivity index (χ4n) is 0. The molecule has 0 aromatic carbocycles. The van der Waals surface area contributed by atoms with E-state index in [9.17, 15) is 4.39 Å². The third-order valence-electron chi connectivity index (χ3n) is 0. The molecule has 0 fully saturated rings. The Morgan fingerprint density at radius 3 is 2.00 bits per heavy atom. The molecule has 0 aromatic rings. The second kappa shape index (κ2) is 1.41. The summed E-state index contributed by atoms with van der Waals surface area (Å²) < 4.78 is 8.21. The Bertz CT molecular complexity index is 27.1. The number of rotatable bonds is 0. The van der Waals surface area contributed by atoms with Gasteiger partial charge < -0.3 is 5.11 Å². The van der Waals surface area contributed by atoms with Gasteiger partial charge in [-0.2, -0.15) is 4.39 Å². The van der Waals surface area contributed by atoms with E-state index >= 15 is 0 Å². The van der Waals surface area contributed by atoms with Crippen molar-refractivity contribution in [3.63, 3.8) is 0 Å². The molecule has 32 valence electrons. The van der Waals surface area contributed by atoms with Crippen LogP contribution in [0.2, 0.25) is 0 Å². The topological polar surface area (TPSA) is 20.2 Å². The fraction of sp³-hybridized carbons (Fsp3) is 1.00. The summed E-state index contributed by atoms with van der Waals surface area (Å²) >= 11 is 6.36. The van der Waals surface area contributed by atoms with Gasteiger partial charge in [0.1, 0.15) is 0 Å². The Kier molecular flexibility index (Phi) is 1.59. The van der Waals surface area contributed by atoms with Crippen LogP contribution in [-0.4, -0.2) is 9.33 Å². The number of halogens is 3. The summed E-state index contributed by atoms with van der Waals surface area (Å²) in [5.74, 6) is 0. The van der Waals surface area contributed by atoms with Gasteiger partial charge in [-0.05, 0) is 11.6 Å². The minimum absolute atomic E-state index is 2.03. The molecule has 1 N–H and O–H groups in total. The van der Waals surface area contributed by atoms with Crippen LogP contribution in [0.5, 0.6) is 0 Å². The van der Waals surface area contributed by atoms with Gasteiger partial charge in [-0.25, -0.2) is 0 Å². The lowest BCUT2D eigenvalue weighted by molar-refractivity contribution is 0.0934. The van der Waals surface area contributed by atoms with Gasteiger partial charge in [0.15, 0.2) is 0 Å². The molecule has 0 amide bonds. The predicted octanol–water partition coefficient (Wildman–Crippen LogP) is 1.19. The van der Waals surface area contributed by atoms with Gasteiger partial charge >= 0.3 is 4.22 Å². The lowest BCUT2D eigenvalue weighted by atomic mass is 11.6. The van der Waals surface area contributed by atoms with Gasteiger partial charge in [0.05, 0.1) is 0 Å². The first kappa shape index (κ1) is 5.66. The van der Waals surface area contributed by atoms with E-state index in [1.54, 1.807) is 0 Å². The summed E-state index contributed by atoms with van der Waals surface area (Å²) in [6, 6.07) is 0. The Hall–Kier alpha value is 0.660. The molecule has 0 aliphatic carbocycles. The molecule has 1 nitrogen and oxygen atoms in total. The molecular formula is CHBrClFO. The van der Waals surface area contributed by atoms with Crippen molar-refractivity contribution >= 4 is 27.5 Å². The minimum Gasteiger partial charge on any atom is -0.341 e. The van der Waals surface area contributed by atoms with Crippen molar-refractivity contribution in [3.8, 4) is 0 Å². The summed E-state index contributed by atoms with van der Waals surface area (Å²) in [5, 5.41) is 7.54. The quantitative estimate of drug-likeness (QED) is 0.532. The Balaban J connectivity index is 3.02. The molecule has 0 saturated heterocycles. The zero-order valence-corrected chi connectivity index (χ0v) is 4.42. The molecule has 1 unspecified atom stereocenters. The Morgan fingerprint density at radius 2 is 2.00 bits per heavy atom. The van der Waals surface area contributed by atoms with Crippen LogP contribution in [0.1, 0.15) is 0 Å². The van der Waals surface area contributed by atoms with Crippen molar-refractivity contribution in [2.24, 2.45) is 0 Å². The first-order chi connectivity index (χ1) is 2.00. The molecule has 0 spiro atoms. The van der Waals surface area contributed by atoms with Gasteiger partial charge in [0, 0.05) is 15.9 Å². The highest BCUT2D eigenvalue weighted by Gasteiger charge is 2.12. The molecule has 5 heavy (non-hydrogen) atoms. The van der Waals surface area contributed by atoms with Crippen LogP contribution in [0.3, 0.4) is 0 Å². The van der Waals surface area contributed by atoms with Crippen molar-refractivity contribution < 1.29 is 9.50 Å². The summed E-state index contributed by atoms with van der Waals surface area (Å²) in [6.45, 7) is 0. The largest absolute Gasteiger partial charge is 0.341 e. The van der Waals surface area contributed by atoms with E-state index in [1.807, 2.05) is 15.9 Å². The third kappa shape index (κ3) is 75.7. The van der Waals surface area contributed by atoms with Crippen LogP contribution in [-0.2, 0) is 0 Å². The van der Waals surface area contributed by atoms with E-state index < -0.39 is 4.22 Å². The average molecular weight is 163 g/mol. The van der Waals surface area contributed by atoms with Crippen LogP contribution < -0.4 is 0 Å². The maximum Gasteiger partial charge on any atom is 0.341 e. The van der Waals surface area contributed by atoms with Gasteiger partial charge in [-0.1, -0.05) is 0 Å². The molecule has 1 atom stereocenters. The molecule has 0 aromatic heterocycles. The van der Waals surface area contributed by atoms with E-state index in [0.29, 0.717) is 0 Å². The van der Waals surface area contributed by atoms with E-state index in [0.717, 1.165) is 0 Å². The van der Waals surface area contributed by atoms with Crippen LogP contribution in [0, 0.1) is 0 Å². The van der Waals surface area contributed by atoms with Crippen LogP contribution >= 0.6 is 27.5 Å². The molecule has 0 aliphatic rings. The second-order valence-electron chi connectivity index (χ2n) is 0.468. The fourth-order valence-corrected chi connectivity index (χ4v) is 0. The molecule has 0 aliphatic heterocycles. The lowest BCUT2D eigenvalue weighted by Gasteiger charge is -1.92. The van der Waals surface area contributed by atoms with E-state index in [1.165, 1.54) is 0 Å². The third-order valence-corrected chi connectivity index (χ3v) is 0. The van der Waals surface area contributed by atoms with Gasteiger partial charge in [0.2, 0.25) is 0 Å². The molecule has 0 rings (SSSR count). The molecular weight excluding hydrogens is 162 g/mol. The van der Waals surface area contributed by atoms with Crippen molar-refractivity contribution in [1.29, 1.82) is 0 Å². The zero-order valence-electron chi connectivity index (χ0n) is 2.08. The van der Waals surface area contributed by atoms with Crippen molar-refractivity contribution in [2.45, 2.75) is 4.22 Å². The average Bonchev–Trinajstić information content (AvgIpc) is 0.722. The Morgan fingerprint density at radius 1 is 2.00 bits per heavy atom. The SMILES string of the molecule is OC(F)(Cl)Br. The number of hydrogen-bond donors (Lipinski definition) is 1. The minimum atomic E-state index is -2.72. The van der Waals surface area contributed by atoms with E-state index in [2.05, 4.69) is 11.6 Å². The molecule has 4 heteroatoms. The molecule has 0 saturated carbocycles. The monoisotopic (exact) mass is 162 g/mol. The lowest BCUT2D eigenvalue weighted by Crippen LogP contribution is -1.96. The van der Waals surface area contributed by atoms with E-state index in [-0.39, 0.29) is 0 Å². The summed E-state index contributed by atoms with van der Waals surface area (Å²) in [7, 11) is 0. The smallest absolute Gasteiger partial charge is 0.341 e. The van der Waals surface area contributed by atoms with Crippen molar-refractivity contribution in [3.05, 3.63) is 0 Å². The normalized spacial score (nSPS) is 21.6. The van der Waals surface area contributed by atoms with E-state index in [4.69, 9.17) is 5.11 Å². The molecule has 0 heterocycles. The van der Waals surface area contributed by atoms with Gasteiger partial charge in [-0.15, -0.1) is 0 Å². The van der Waals surface area contributed by atoms with Gasteiger partial charge in [0.25, 0.3) is 0 Å². The standard InChI is InChI=1S/CHBrClFO/c2-1(3,4)5/h5H. The van der Waals surface area contributed by atoms with Crippen LogP contribution in [0.25, 0.3) is 0 Å². The highest BCUT2D eigenvalue weighted by Crippen LogP contribution is 2.19. The summed E-state index contributed by atoms with van der Waals surface area (Å²) in [6.07, 6.45) is 0. The summed E-state index contributed by atoms with van der Waals surface area (Å²) in [5.41, 5.74) is 0. The van der Waals surface area contributed by atoms with Crippen molar-refractivity contribution in [1.82, 2.24) is 0 Å². The zero-order chi connectivity index (χ0) is 4.50. The Labute approximate surface area is 41.9 Å². The second-order valence-corrected chi connectivity index (χ2v) is 2.48. The van der Waals surface area contributed by atoms with Gasteiger partial charge in [-0.3, -0.25) is 0 Å².